The second-order valence-corrected chi connectivity index (χ2v) is 5.58. The number of nitrogens with one attached hydrogen (secondary N) is 1. The quantitative estimate of drug-likeness (QED) is 0.904. The van der Waals surface area contributed by atoms with Crippen molar-refractivity contribution >= 4 is 11.6 Å². The van der Waals surface area contributed by atoms with Gasteiger partial charge in [-0.25, -0.2) is 0 Å². The van der Waals surface area contributed by atoms with E-state index in [9.17, 15) is 4.79 Å². The molecule has 1 unspecified atom stereocenters. The van der Waals surface area contributed by atoms with E-state index in [0.717, 1.165) is 38.0 Å². The van der Waals surface area contributed by atoms with Crippen molar-refractivity contribution in [3.05, 3.63) is 29.8 Å². The van der Waals surface area contributed by atoms with E-state index in [1.165, 1.54) is 12.0 Å². The van der Waals surface area contributed by atoms with Gasteiger partial charge in [-0.1, -0.05) is 31.5 Å². The predicted octanol–water partition coefficient (Wildman–Crippen LogP) is 2.87. The molecule has 1 aromatic carbocycles. The molecule has 3 rings (SSSR count). The van der Waals surface area contributed by atoms with Crippen LogP contribution in [-0.4, -0.2) is 19.0 Å². The molecule has 0 saturated heterocycles. The molecule has 1 amide bonds. The van der Waals surface area contributed by atoms with Gasteiger partial charge in [-0.15, -0.1) is 0 Å². The number of benzene rings is 1. The fraction of sp³-hybridized carbons (Fsp3) is 0.562. The zero-order valence-corrected chi connectivity index (χ0v) is 11.6. The van der Waals surface area contributed by atoms with Gasteiger partial charge in [0, 0.05) is 24.2 Å². The molecule has 0 radical (unpaired) electrons. The maximum Gasteiger partial charge on any atom is 0.230 e. The molecule has 0 spiro atoms. The van der Waals surface area contributed by atoms with Crippen LogP contribution in [0.25, 0.3) is 0 Å². The Kier molecular flexibility index (Phi) is 3.56. The number of rotatable bonds is 3. The summed E-state index contributed by atoms with van der Waals surface area (Å²) in [5, 5.41) is 3.52. The van der Waals surface area contributed by atoms with Crippen LogP contribution < -0.4 is 10.2 Å². The number of hydrogen-bond donors (Lipinski definition) is 1. The van der Waals surface area contributed by atoms with Gasteiger partial charge in [-0.3, -0.25) is 4.79 Å². The van der Waals surface area contributed by atoms with Crippen LogP contribution in [0.4, 0.5) is 5.69 Å². The lowest BCUT2D eigenvalue weighted by atomic mass is 9.83. The van der Waals surface area contributed by atoms with Crippen LogP contribution in [0.1, 0.15) is 44.2 Å². The monoisotopic (exact) mass is 258 g/mol. The summed E-state index contributed by atoms with van der Waals surface area (Å²) in [7, 11) is 0. The number of carbonyl (C=O) groups is 1. The number of anilines is 1. The van der Waals surface area contributed by atoms with Crippen LogP contribution in [0.15, 0.2) is 24.3 Å². The highest BCUT2D eigenvalue weighted by molar-refractivity contribution is 5.96. The lowest BCUT2D eigenvalue weighted by Crippen LogP contribution is -2.44. The third-order valence-electron chi connectivity index (χ3n) is 4.42. The Labute approximate surface area is 115 Å². The molecule has 1 aliphatic heterocycles. The fourth-order valence-corrected chi connectivity index (χ4v) is 3.13. The first-order chi connectivity index (χ1) is 9.31. The molecule has 1 aliphatic carbocycles. The SMILES string of the molecule is CCNC1CCN(C(=O)C2CCC2)c2ccccc21. The van der Waals surface area contributed by atoms with Crippen molar-refractivity contribution < 1.29 is 4.79 Å². The number of nitrogens with zero attached hydrogens (tertiary/aromatic N) is 1. The van der Waals surface area contributed by atoms with Crippen LogP contribution in [0, 0.1) is 5.92 Å². The van der Waals surface area contributed by atoms with E-state index in [4.69, 9.17) is 0 Å². The minimum atomic E-state index is 0.281. The fourth-order valence-electron chi connectivity index (χ4n) is 3.13. The van der Waals surface area contributed by atoms with Gasteiger partial charge < -0.3 is 10.2 Å². The number of hydrogen-bond acceptors (Lipinski definition) is 2. The summed E-state index contributed by atoms with van der Waals surface area (Å²) in [4.78, 5) is 14.5. The third-order valence-corrected chi connectivity index (χ3v) is 4.42. The maximum absolute atomic E-state index is 12.5. The number of amides is 1. The van der Waals surface area contributed by atoms with E-state index in [1.807, 2.05) is 11.0 Å². The molecule has 1 atom stereocenters. The van der Waals surface area contributed by atoms with Crippen molar-refractivity contribution in [2.45, 2.75) is 38.6 Å². The van der Waals surface area contributed by atoms with E-state index in [-0.39, 0.29) is 5.92 Å². The Morgan fingerprint density at radius 3 is 2.79 bits per heavy atom. The Morgan fingerprint density at radius 1 is 1.32 bits per heavy atom. The molecule has 102 valence electrons. The van der Waals surface area contributed by atoms with Crippen LogP contribution in [0.2, 0.25) is 0 Å². The van der Waals surface area contributed by atoms with E-state index in [0.29, 0.717) is 11.9 Å². The molecule has 2 aliphatic rings. The van der Waals surface area contributed by atoms with Crippen molar-refractivity contribution in [1.29, 1.82) is 0 Å². The van der Waals surface area contributed by atoms with Crippen LogP contribution in [-0.2, 0) is 4.79 Å². The molecule has 1 saturated carbocycles. The zero-order chi connectivity index (χ0) is 13.2. The van der Waals surface area contributed by atoms with E-state index >= 15 is 0 Å². The highest BCUT2D eigenvalue weighted by Crippen LogP contribution is 2.37. The highest BCUT2D eigenvalue weighted by atomic mass is 16.2. The van der Waals surface area contributed by atoms with Gasteiger partial charge in [0.1, 0.15) is 0 Å². The summed E-state index contributed by atoms with van der Waals surface area (Å²) < 4.78 is 0. The number of para-hydroxylation sites is 1. The molecule has 0 aromatic heterocycles. The highest BCUT2D eigenvalue weighted by Gasteiger charge is 2.34. The van der Waals surface area contributed by atoms with Crippen molar-refractivity contribution in [3.8, 4) is 0 Å². The topological polar surface area (TPSA) is 32.3 Å². The van der Waals surface area contributed by atoms with Gasteiger partial charge in [0.05, 0.1) is 0 Å². The summed E-state index contributed by atoms with van der Waals surface area (Å²) in [6.45, 7) is 3.95. The molecule has 1 aromatic rings. The summed E-state index contributed by atoms with van der Waals surface area (Å²) in [6, 6.07) is 8.75. The molecule has 3 heteroatoms. The molecular weight excluding hydrogens is 236 g/mol. The first kappa shape index (κ1) is 12.7. The van der Waals surface area contributed by atoms with Crippen molar-refractivity contribution in [3.63, 3.8) is 0 Å². The summed E-state index contributed by atoms with van der Waals surface area (Å²) in [5.41, 5.74) is 2.40. The van der Waals surface area contributed by atoms with Gasteiger partial charge in [-0.2, -0.15) is 0 Å². The van der Waals surface area contributed by atoms with Crippen LogP contribution >= 0.6 is 0 Å². The number of fused-ring (bicyclic) bond motifs is 1. The van der Waals surface area contributed by atoms with E-state index in [1.54, 1.807) is 0 Å². The lowest BCUT2D eigenvalue weighted by Gasteiger charge is -2.38. The smallest absolute Gasteiger partial charge is 0.230 e. The van der Waals surface area contributed by atoms with Gasteiger partial charge in [0.25, 0.3) is 0 Å². The van der Waals surface area contributed by atoms with E-state index < -0.39 is 0 Å². The van der Waals surface area contributed by atoms with Crippen LogP contribution in [0.5, 0.6) is 0 Å². The molecule has 1 fully saturated rings. The van der Waals surface area contributed by atoms with Gasteiger partial charge in [0.2, 0.25) is 5.91 Å². The summed E-state index contributed by atoms with van der Waals surface area (Å²) in [5.74, 6) is 0.623. The Balaban J connectivity index is 1.87. The lowest BCUT2D eigenvalue weighted by molar-refractivity contribution is -0.124. The summed E-state index contributed by atoms with van der Waals surface area (Å²) >= 11 is 0. The summed E-state index contributed by atoms with van der Waals surface area (Å²) in [6.07, 6.45) is 4.39. The molecular formula is C16H22N2O. The average molecular weight is 258 g/mol. The second-order valence-electron chi connectivity index (χ2n) is 5.58. The minimum absolute atomic E-state index is 0.281. The Bertz CT molecular complexity index is 468. The first-order valence-electron chi connectivity index (χ1n) is 7.45. The van der Waals surface area contributed by atoms with Crippen molar-refractivity contribution in [1.82, 2.24) is 5.32 Å². The average Bonchev–Trinajstić information content (AvgIpc) is 2.37. The number of carbonyl (C=O) groups excluding carboxylic acids is 1. The Hall–Kier alpha value is -1.35. The molecule has 19 heavy (non-hydrogen) atoms. The standard InChI is InChI=1S/C16H22N2O/c1-2-17-14-10-11-18(16(19)12-6-5-7-12)15-9-4-3-8-13(14)15/h3-4,8-9,12,14,17H,2,5-7,10-11H2,1H3. The molecule has 1 N–H and O–H groups in total. The van der Waals surface area contributed by atoms with Crippen molar-refractivity contribution in [2.75, 3.05) is 18.0 Å². The minimum Gasteiger partial charge on any atom is -0.312 e. The largest absolute Gasteiger partial charge is 0.312 e. The van der Waals surface area contributed by atoms with Crippen molar-refractivity contribution in [2.24, 2.45) is 5.92 Å². The second kappa shape index (κ2) is 5.33. The first-order valence-corrected chi connectivity index (χ1v) is 7.45. The molecule has 1 heterocycles. The third kappa shape index (κ3) is 2.27. The molecule has 3 nitrogen and oxygen atoms in total. The maximum atomic E-state index is 12.5. The Morgan fingerprint density at radius 2 is 2.11 bits per heavy atom. The normalized spacial score (nSPS) is 22.8. The van der Waals surface area contributed by atoms with Gasteiger partial charge >= 0.3 is 0 Å². The van der Waals surface area contributed by atoms with E-state index in [2.05, 4.69) is 30.4 Å². The van der Waals surface area contributed by atoms with Gasteiger partial charge in [0.15, 0.2) is 0 Å². The predicted molar refractivity (Wildman–Crippen MR) is 77.2 cm³/mol. The molecule has 0 bridgehead atoms. The van der Waals surface area contributed by atoms with Gasteiger partial charge in [-0.05, 0) is 37.4 Å². The van der Waals surface area contributed by atoms with Crippen LogP contribution in [0.3, 0.4) is 0 Å². The zero-order valence-electron chi connectivity index (χ0n) is 11.6.